The van der Waals surface area contributed by atoms with E-state index in [2.05, 4.69) is 6.07 Å². The molecule has 1 aliphatic carbocycles. The fourth-order valence-electron chi connectivity index (χ4n) is 4.66. The van der Waals surface area contributed by atoms with E-state index in [4.69, 9.17) is 4.74 Å². The molecule has 4 heteroatoms. The van der Waals surface area contributed by atoms with Crippen molar-refractivity contribution in [3.05, 3.63) is 65.7 Å². The Morgan fingerprint density at radius 3 is 2.62 bits per heavy atom. The average molecular weight is 349 g/mol. The van der Waals surface area contributed by atoms with E-state index < -0.39 is 5.41 Å². The number of nitrogens with zero attached hydrogens (tertiary/aromatic N) is 1. The Morgan fingerprint density at radius 2 is 1.85 bits per heavy atom. The number of hydrogen-bond donors (Lipinski definition) is 0. The topological polar surface area (TPSA) is 46.6 Å². The van der Waals surface area contributed by atoms with Crippen LogP contribution < -0.4 is 4.90 Å². The number of ether oxygens (including phenoxy) is 1. The standard InChI is InChI=1S/C22H23NO3/c1-26-21(25)22-14-8-7-12-18(22)17-11-5-6-13-19(17)23(20(22)24)15-16-9-3-2-4-10-16/h2-6,9-11,13,18H,7-8,12,14-15H2,1H3. The molecule has 26 heavy (non-hydrogen) atoms. The zero-order valence-corrected chi connectivity index (χ0v) is 15.0. The molecule has 0 N–H and O–H groups in total. The van der Waals surface area contributed by atoms with Gasteiger partial charge in [-0.15, -0.1) is 0 Å². The van der Waals surface area contributed by atoms with Gasteiger partial charge in [-0.25, -0.2) is 0 Å². The molecule has 2 aliphatic rings. The van der Waals surface area contributed by atoms with Crippen LogP contribution in [0.2, 0.25) is 0 Å². The third kappa shape index (κ3) is 2.44. The monoisotopic (exact) mass is 349 g/mol. The molecule has 1 aliphatic heterocycles. The SMILES string of the molecule is COC(=O)C12CCCCC1c1ccccc1N(Cc1ccccc1)C2=O. The zero-order chi connectivity index (χ0) is 18.1. The highest BCUT2D eigenvalue weighted by molar-refractivity contribution is 6.13. The molecule has 0 radical (unpaired) electrons. The van der Waals surface area contributed by atoms with Crippen molar-refractivity contribution in [2.24, 2.45) is 5.41 Å². The lowest BCUT2D eigenvalue weighted by atomic mass is 9.60. The molecule has 0 aromatic heterocycles. The summed E-state index contributed by atoms with van der Waals surface area (Å²) in [5.74, 6) is -0.601. The quantitative estimate of drug-likeness (QED) is 0.620. The van der Waals surface area contributed by atoms with Gasteiger partial charge in [-0.1, -0.05) is 61.4 Å². The van der Waals surface area contributed by atoms with Crippen LogP contribution in [0.1, 0.15) is 42.7 Å². The second-order valence-corrected chi connectivity index (χ2v) is 7.20. The van der Waals surface area contributed by atoms with Gasteiger partial charge in [0.15, 0.2) is 5.41 Å². The normalized spacial score (nSPS) is 24.6. The Bertz CT molecular complexity index is 832. The van der Waals surface area contributed by atoms with Crippen LogP contribution in [0.5, 0.6) is 0 Å². The predicted octanol–water partition coefficient (Wildman–Crippen LogP) is 4.05. The molecular formula is C22H23NO3. The van der Waals surface area contributed by atoms with Gasteiger partial charge in [-0.05, 0) is 30.0 Å². The molecule has 1 fully saturated rings. The maximum Gasteiger partial charge on any atom is 0.322 e. The number of anilines is 1. The van der Waals surface area contributed by atoms with Crippen molar-refractivity contribution in [3.63, 3.8) is 0 Å². The van der Waals surface area contributed by atoms with Crippen LogP contribution in [0, 0.1) is 5.41 Å². The number of amides is 1. The summed E-state index contributed by atoms with van der Waals surface area (Å²) in [4.78, 5) is 28.3. The predicted molar refractivity (Wildman–Crippen MR) is 99.7 cm³/mol. The van der Waals surface area contributed by atoms with E-state index in [-0.39, 0.29) is 17.8 Å². The molecule has 2 unspecified atom stereocenters. The first-order valence-electron chi connectivity index (χ1n) is 9.21. The summed E-state index contributed by atoms with van der Waals surface area (Å²) in [7, 11) is 1.39. The number of methoxy groups -OCH3 is 1. The molecule has 134 valence electrons. The minimum Gasteiger partial charge on any atom is -0.468 e. The molecule has 1 heterocycles. The van der Waals surface area contributed by atoms with Gasteiger partial charge in [0.1, 0.15) is 0 Å². The van der Waals surface area contributed by atoms with E-state index in [1.54, 1.807) is 4.90 Å². The van der Waals surface area contributed by atoms with Crippen LogP contribution in [0.4, 0.5) is 5.69 Å². The Labute approximate surface area is 153 Å². The molecule has 2 atom stereocenters. The second-order valence-electron chi connectivity index (χ2n) is 7.20. The van der Waals surface area contributed by atoms with Crippen LogP contribution >= 0.6 is 0 Å². The number of fused-ring (bicyclic) bond motifs is 3. The summed E-state index contributed by atoms with van der Waals surface area (Å²) in [6.45, 7) is 0.460. The Balaban J connectivity index is 1.86. The van der Waals surface area contributed by atoms with Gasteiger partial charge in [0.05, 0.1) is 13.7 Å². The van der Waals surface area contributed by atoms with Gasteiger partial charge in [0.25, 0.3) is 0 Å². The molecule has 1 amide bonds. The molecule has 2 aromatic rings. The highest BCUT2D eigenvalue weighted by Crippen LogP contribution is 2.55. The number of rotatable bonds is 3. The summed E-state index contributed by atoms with van der Waals surface area (Å²) in [6.07, 6.45) is 3.31. The van der Waals surface area contributed by atoms with Crippen LogP contribution in [0.3, 0.4) is 0 Å². The lowest BCUT2D eigenvalue weighted by Crippen LogP contribution is -2.56. The van der Waals surface area contributed by atoms with Crippen LogP contribution in [-0.2, 0) is 20.9 Å². The second kappa shape index (κ2) is 6.60. The fraction of sp³-hybridized carbons (Fsp3) is 0.364. The van der Waals surface area contributed by atoms with Gasteiger partial charge in [0, 0.05) is 11.6 Å². The van der Waals surface area contributed by atoms with Crippen LogP contribution in [0.25, 0.3) is 0 Å². The summed E-state index contributed by atoms with van der Waals surface area (Å²) < 4.78 is 5.15. The van der Waals surface area contributed by atoms with Crippen LogP contribution in [-0.4, -0.2) is 19.0 Å². The molecule has 0 spiro atoms. The fourth-order valence-corrected chi connectivity index (χ4v) is 4.66. The summed E-state index contributed by atoms with van der Waals surface area (Å²) >= 11 is 0. The minimum atomic E-state index is -1.09. The van der Waals surface area contributed by atoms with Crippen molar-refractivity contribution in [1.29, 1.82) is 0 Å². The lowest BCUT2D eigenvalue weighted by Gasteiger charge is -2.48. The van der Waals surface area contributed by atoms with Crippen LogP contribution in [0.15, 0.2) is 54.6 Å². The first-order chi connectivity index (χ1) is 12.7. The summed E-state index contributed by atoms with van der Waals surface area (Å²) in [5.41, 5.74) is 1.97. The van der Waals surface area contributed by atoms with Crippen molar-refractivity contribution in [2.75, 3.05) is 12.0 Å². The van der Waals surface area contributed by atoms with Gasteiger partial charge < -0.3 is 9.64 Å². The van der Waals surface area contributed by atoms with Gasteiger partial charge in [-0.2, -0.15) is 0 Å². The molecular weight excluding hydrogens is 326 g/mol. The van der Waals surface area contributed by atoms with Gasteiger partial charge >= 0.3 is 5.97 Å². The van der Waals surface area contributed by atoms with E-state index in [1.807, 2.05) is 48.5 Å². The number of hydrogen-bond acceptors (Lipinski definition) is 3. The van der Waals surface area contributed by atoms with Crippen molar-refractivity contribution >= 4 is 17.6 Å². The van der Waals surface area contributed by atoms with Gasteiger partial charge in [-0.3, -0.25) is 9.59 Å². The highest BCUT2D eigenvalue weighted by Gasteiger charge is 2.59. The van der Waals surface area contributed by atoms with Crippen molar-refractivity contribution in [2.45, 2.75) is 38.1 Å². The number of benzene rings is 2. The van der Waals surface area contributed by atoms with E-state index in [9.17, 15) is 9.59 Å². The summed E-state index contributed by atoms with van der Waals surface area (Å²) in [5, 5.41) is 0. The zero-order valence-electron chi connectivity index (χ0n) is 15.0. The number of carbonyl (C=O) groups is 2. The number of esters is 1. The van der Waals surface area contributed by atoms with E-state index in [0.717, 1.165) is 36.1 Å². The summed E-state index contributed by atoms with van der Waals surface area (Å²) in [6, 6.07) is 17.9. The smallest absolute Gasteiger partial charge is 0.322 e. The van der Waals surface area contributed by atoms with E-state index in [1.165, 1.54) is 7.11 Å². The third-order valence-corrected chi connectivity index (χ3v) is 5.87. The maximum absolute atomic E-state index is 13.7. The largest absolute Gasteiger partial charge is 0.468 e. The van der Waals surface area contributed by atoms with E-state index >= 15 is 0 Å². The Morgan fingerprint density at radius 1 is 1.12 bits per heavy atom. The minimum absolute atomic E-state index is 0.0978. The number of para-hydroxylation sites is 1. The maximum atomic E-state index is 13.7. The van der Waals surface area contributed by atoms with Crippen molar-refractivity contribution in [1.82, 2.24) is 0 Å². The molecule has 0 bridgehead atoms. The first kappa shape index (κ1) is 16.8. The molecule has 4 rings (SSSR count). The Hall–Kier alpha value is -2.62. The lowest BCUT2D eigenvalue weighted by molar-refractivity contribution is -0.162. The van der Waals surface area contributed by atoms with Crippen molar-refractivity contribution < 1.29 is 14.3 Å². The Kier molecular flexibility index (Phi) is 4.27. The van der Waals surface area contributed by atoms with E-state index in [0.29, 0.717) is 13.0 Å². The number of carbonyl (C=O) groups excluding carboxylic acids is 2. The average Bonchev–Trinajstić information content (AvgIpc) is 2.71. The highest BCUT2D eigenvalue weighted by atomic mass is 16.5. The molecule has 0 saturated heterocycles. The molecule has 2 aromatic carbocycles. The molecule has 4 nitrogen and oxygen atoms in total. The molecule has 1 saturated carbocycles. The first-order valence-corrected chi connectivity index (χ1v) is 9.21. The third-order valence-electron chi connectivity index (χ3n) is 5.87. The van der Waals surface area contributed by atoms with Gasteiger partial charge in [0.2, 0.25) is 5.91 Å². The van der Waals surface area contributed by atoms with Crippen molar-refractivity contribution in [3.8, 4) is 0 Å².